The van der Waals surface area contributed by atoms with Crippen molar-refractivity contribution >= 4 is 17.6 Å². The number of aromatic carboxylic acids is 1. The number of hydrogen-bond donors (Lipinski definition) is 3. The molecule has 3 aromatic rings. The fourth-order valence-electron chi connectivity index (χ4n) is 3.99. The highest BCUT2D eigenvalue weighted by atomic mass is 16.4. The molecule has 0 bridgehead atoms. The molecule has 4 rings (SSSR count). The van der Waals surface area contributed by atoms with Crippen molar-refractivity contribution in [1.82, 2.24) is 5.32 Å². The summed E-state index contributed by atoms with van der Waals surface area (Å²) in [4.78, 5) is 23.5. The predicted molar refractivity (Wildman–Crippen MR) is 127 cm³/mol. The van der Waals surface area contributed by atoms with Crippen LogP contribution in [0, 0.1) is 0 Å². The number of nitrogens with one attached hydrogen (secondary N) is 2. The Morgan fingerprint density at radius 2 is 1.72 bits per heavy atom. The standard InChI is InChI=1S/C27H26N2O3/c1-16(2)28-26(30)19-9-7-18(8-10-19)20-5-4-6-21(14-20)25-17(3)13-23-15-22(27(31)32)11-12-24(23)29-25/h4-12,14-16,25,29H,3,13H2,1-2H3,(H,28,30)(H,31,32). The lowest BCUT2D eigenvalue weighted by Gasteiger charge is -2.30. The maximum Gasteiger partial charge on any atom is 0.335 e. The van der Waals surface area contributed by atoms with Gasteiger partial charge in [-0.05, 0) is 84.5 Å². The fourth-order valence-corrected chi connectivity index (χ4v) is 3.99. The minimum absolute atomic E-state index is 0.0609. The molecule has 0 radical (unpaired) electrons. The summed E-state index contributed by atoms with van der Waals surface area (Å²) in [5.74, 6) is -1.01. The number of carbonyl (C=O) groups is 2. The van der Waals surface area contributed by atoms with Gasteiger partial charge in [0.05, 0.1) is 11.6 Å². The van der Waals surface area contributed by atoms with Crippen molar-refractivity contribution in [2.45, 2.75) is 32.4 Å². The Kier molecular flexibility index (Phi) is 5.82. The van der Waals surface area contributed by atoms with Crippen LogP contribution in [0.5, 0.6) is 0 Å². The van der Waals surface area contributed by atoms with E-state index in [1.807, 2.05) is 56.3 Å². The van der Waals surface area contributed by atoms with Gasteiger partial charge in [0.2, 0.25) is 0 Å². The minimum atomic E-state index is -0.930. The van der Waals surface area contributed by atoms with E-state index >= 15 is 0 Å². The first-order valence-electron chi connectivity index (χ1n) is 10.6. The van der Waals surface area contributed by atoms with Crippen molar-refractivity contribution in [2.24, 2.45) is 0 Å². The van der Waals surface area contributed by atoms with Crippen molar-refractivity contribution in [3.05, 3.63) is 101 Å². The van der Waals surface area contributed by atoms with Crippen molar-refractivity contribution in [3.8, 4) is 11.1 Å². The molecule has 0 aliphatic carbocycles. The van der Waals surface area contributed by atoms with Gasteiger partial charge >= 0.3 is 5.97 Å². The lowest BCUT2D eigenvalue weighted by atomic mass is 9.88. The van der Waals surface area contributed by atoms with Gasteiger partial charge in [0, 0.05) is 17.3 Å². The summed E-state index contributed by atoms with van der Waals surface area (Å²) in [7, 11) is 0. The SMILES string of the molecule is C=C1Cc2cc(C(=O)O)ccc2NC1c1cccc(-c2ccc(C(=O)NC(C)C)cc2)c1. The summed E-state index contributed by atoms with van der Waals surface area (Å²) in [5, 5.41) is 15.7. The highest BCUT2D eigenvalue weighted by Gasteiger charge is 2.23. The highest BCUT2D eigenvalue weighted by Crippen LogP contribution is 2.37. The van der Waals surface area contributed by atoms with Crippen LogP contribution in [0.2, 0.25) is 0 Å². The summed E-state index contributed by atoms with van der Waals surface area (Å²) < 4.78 is 0. The average Bonchev–Trinajstić information content (AvgIpc) is 2.78. The maximum absolute atomic E-state index is 12.2. The molecule has 1 heterocycles. The molecule has 1 unspecified atom stereocenters. The summed E-state index contributed by atoms with van der Waals surface area (Å²) >= 11 is 0. The first-order valence-corrected chi connectivity index (χ1v) is 10.6. The molecule has 1 amide bonds. The van der Waals surface area contributed by atoms with E-state index in [0.29, 0.717) is 12.0 Å². The summed E-state index contributed by atoms with van der Waals surface area (Å²) in [6.45, 7) is 8.13. The first-order chi connectivity index (χ1) is 15.3. The average molecular weight is 427 g/mol. The zero-order valence-corrected chi connectivity index (χ0v) is 18.2. The Balaban J connectivity index is 1.57. The number of fused-ring (bicyclic) bond motifs is 1. The van der Waals surface area contributed by atoms with Crippen LogP contribution in [0.25, 0.3) is 11.1 Å². The molecule has 5 nitrogen and oxygen atoms in total. The van der Waals surface area contributed by atoms with Gasteiger partial charge in [-0.25, -0.2) is 4.79 Å². The zero-order chi connectivity index (χ0) is 22.8. The molecular weight excluding hydrogens is 400 g/mol. The number of benzene rings is 3. The first kappa shape index (κ1) is 21.4. The third kappa shape index (κ3) is 4.42. The van der Waals surface area contributed by atoms with Crippen molar-refractivity contribution in [2.75, 3.05) is 5.32 Å². The van der Waals surface area contributed by atoms with Gasteiger partial charge in [-0.2, -0.15) is 0 Å². The quantitative estimate of drug-likeness (QED) is 0.474. The topological polar surface area (TPSA) is 78.4 Å². The minimum Gasteiger partial charge on any atom is -0.478 e. The molecule has 0 aromatic heterocycles. The van der Waals surface area contributed by atoms with E-state index in [2.05, 4.69) is 29.3 Å². The van der Waals surface area contributed by atoms with Crippen LogP contribution < -0.4 is 10.6 Å². The smallest absolute Gasteiger partial charge is 0.335 e. The third-order valence-corrected chi connectivity index (χ3v) is 5.60. The van der Waals surface area contributed by atoms with Crippen LogP contribution >= 0.6 is 0 Å². The van der Waals surface area contributed by atoms with Gasteiger partial charge in [0.25, 0.3) is 5.91 Å². The molecular formula is C27H26N2O3. The molecule has 162 valence electrons. The normalized spacial score (nSPS) is 15.1. The van der Waals surface area contributed by atoms with Gasteiger partial charge in [0.15, 0.2) is 0 Å². The maximum atomic E-state index is 12.2. The van der Waals surface area contributed by atoms with Crippen LogP contribution in [0.1, 0.15) is 51.7 Å². The molecule has 1 aliphatic rings. The molecule has 0 saturated heterocycles. The third-order valence-electron chi connectivity index (χ3n) is 5.60. The van der Waals surface area contributed by atoms with Crippen LogP contribution in [-0.2, 0) is 6.42 Å². The fraction of sp³-hybridized carbons (Fsp3) is 0.185. The van der Waals surface area contributed by atoms with Gasteiger partial charge in [-0.3, -0.25) is 4.79 Å². The molecule has 0 saturated carbocycles. The Bertz CT molecular complexity index is 1200. The number of carboxylic acid groups (broad SMARTS) is 1. The lowest BCUT2D eigenvalue weighted by molar-refractivity contribution is 0.0696. The molecule has 3 N–H and O–H groups in total. The molecule has 5 heteroatoms. The Morgan fingerprint density at radius 3 is 2.41 bits per heavy atom. The second kappa shape index (κ2) is 8.71. The predicted octanol–water partition coefficient (Wildman–Crippen LogP) is 5.46. The van der Waals surface area contributed by atoms with E-state index in [4.69, 9.17) is 0 Å². The van der Waals surface area contributed by atoms with Crippen molar-refractivity contribution < 1.29 is 14.7 Å². The summed E-state index contributed by atoms with van der Waals surface area (Å²) in [6.07, 6.45) is 0.623. The number of rotatable bonds is 5. The number of amides is 1. The zero-order valence-electron chi connectivity index (χ0n) is 18.2. The number of carboxylic acids is 1. The molecule has 1 atom stereocenters. The van der Waals surface area contributed by atoms with Gasteiger partial charge in [-0.15, -0.1) is 0 Å². The summed E-state index contributed by atoms with van der Waals surface area (Å²) in [6, 6.07) is 21.0. The van der Waals surface area contributed by atoms with E-state index in [-0.39, 0.29) is 23.6 Å². The molecule has 0 fully saturated rings. The molecule has 32 heavy (non-hydrogen) atoms. The van der Waals surface area contributed by atoms with E-state index in [0.717, 1.165) is 33.5 Å². The van der Waals surface area contributed by atoms with Crippen molar-refractivity contribution in [3.63, 3.8) is 0 Å². The highest BCUT2D eigenvalue weighted by molar-refractivity contribution is 5.94. The number of hydrogen-bond acceptors (Lipinski definition) is 3. The Labute approximate surface area is 187 Å². The van der Waals surface area contributed by atoms with Crippen LogP contribution in [-0.4, -0.2) is 23.0 Å². The van der Waals surface area contributed by atoms with Crippen LogP contribution in [0.4, 0.5) is 5.69 Å². The number of carbonyl (C=O) groups excluding carboxylic acids is 1. The lowest BCUT2D eigenvalue weighted by Crippen LogP contribution is -2.29. The largest absolute Gasteiger partial charge is 0.478 e. The van der Waals surface area contributed by atoms with E-state index in [1.54, 1.807) is 12.1 Å². The van der Waals surface area contributed by atoms with Crippen LogP contribution in [0.3, 0.4) is 0 Å². The van der Waals surface area contributed by atoms with E-state index in [1.165, 1.54) is 0 Å². The second-order valence-corrected chi connectivity index (χ2v) is 8.42. The van der Waals surface area contributed by atoms with Crippen LogP contribution in [0.15, 0.2) is 78.9 Å². The monoisotopic (exact) mass is 426 g/mol. The van der Waals surface area contributed by atoms with Gasteiger partial charge < -0.3 is 15.7 Å². The van der Waals surface area contributed by atoms with Gasteiger partial charge in [-0.1, -0.05) is 36.9 Å². The molecule has 0 spiro atoms. The molecule has 3 aromatic carbocycles. The Morgan fingerprint density at radius 1 is 1.00 bits per heavy atom. The van der Waals surface area contributed by atoms with Gasteiger partial charge in [0.1, 0.15) is 0 Å². The van der Waals surface area contributed by atoms with E-state index in [9.17, 15) is 14.7 Å². The summed E-state index contributed by atoms with van der Waals surface area (Å²) in [5.41, 5.74) is 6.94. The van der Waals surface area contributed by atoms with Crippen molar-refractivity contribution in [1.29, 1.82) is 0 Å². The van der Waals surface area contributed by atoms with E-state index < -0.39 is 5.97 Å². The Hall–Kier alpha value is -3.86. The second-order valence-electron chi connectivity index (χ2n) is 8.42. The number of anilines is 1. The molecule has 1 aliphatic heterocycles.